The summed E-state index contributed by atoms with van der Waals surface area (Å²) < 4.78 is 5.06. The molecule has 3 nitrogen and oxygen atoms in total. The Labute approximate surface area is 69.7 Å². The highest BCUT2D eigenvalue weighted by atomic mass is 16.4. The number of carbonyl (C=O) groups excluding carboxylic acids is 1. The van der Waals surface area contributed by atoms with E-state index in [9.17, 15) is 4.79 Å². The van der Waals surface area contributed by atoms with E-state index in [0.717, 1.165) is 0 Å². The maximum absolute atomic E-state index is 10.3. The molecule has 1 rings (SSSR count). The summed E-state index contributed by atoms with van der Waals surface area (Å²) in [4.78, 5) is 14.2. The first-order valence-electron chi connectivity index (χ1n) is 3.53. The molecule has 0 unspecified atom stereocenters. The zero-order valence-corrected chi connectivity index (χ0v) is 6.78. The first-order chi connectivity index (χ1) is 5.81. The zero-order chi connectivity index (χ0) is 8.97. The number of rotatable bonds is 2. The molecule has 0 N–H and O–H groups in total. The van der Waals surface area contributed by atoms with Crippen LogP contribution in [0, 0.1) is 0 Å². The maximum Gasteiger partial charge on any atom is 0.260 e. The standard InChI is InChI=1S/C9H9NO2/c1-3-5-8-7(4-2)10-9(6-11)12-8/h3-6H,1H2,2H3/b7-4+,8-5+. The lowest BCUT2D eigenvalue weighted by atomic mass is 10.4. The molecule has 0 saturated heterocycles. The van der Waals surface area contributed by atoms with Crippen LogP contribution in [-0.2, 0) is 0 Å². The lowest BCUT2D eigenvalue weighted by Gasteiger charge is -1.72. The molecule has 0 radical (unpaired) electrons. The number of oxazole rings is 1. The third-order valence-electron chi connectivity index (χ3n) is 1.34. The van der Waals surface area contributed by atoms with Gasteiger partial charge in [-0.15, -0.1) is 0 Å². The molecular formula is C9H9NO2. The quantitative estimate of drug-likeness (QED) is 0.587. The molecule has 0 aliphatic rings. The summed E-state index contributed by atoms with van der Waals surface area (Å²) in [6, 6.07) is 0. The van der Waals surface area contributed by atoms with Crippen LogP contribution in [-0.4, -0.2) is 11.3 Å². The van der Waals surface area contributed by atoms with E-state index in [1.165, 1.54) is 0 Å². The van der Waals surface area contributed by atoms with Crippen LogP contribution in [0.5, 0.6) is 0 Å². The van der Waals surface area contributed by atoms with Gasteiger partial charge in [-0.3, -0.25) is 4.79 Å². The van der Waals surface area contributed by atoms with Gasteiger partial charge < -0.3 is 4.42 Å². The van der Waals surface area contributed by atoms with Gasteiger partial charge in [0.05, 0.1) is 0 Å². The van der Waals surface area contributed by atoms with E-state index in [-0.39, 0.29) is 5.89 Å². The van der Waals surface area contributed by atoms with Crippen LogP contribution in [0.3, 0.4) is 0 Å². The van der Waals surface area contributed by atoms with E-state index < -0.39 is 0 Å². The van der Waals surface area contributed by atoms with Crippen molar-refractivity contribution in [2.24, 2.45) is 0 Å². The summed E-state index contributed by atoms with van der Waals surface area (Å²) in [5.41, 5.74) is 0.564. The first-order valence-corrected chi connectivity index (χ1v) is 3.53. The normalized spacial score (nSPS) is 13.4. The molecule has 12 heavy (non-hydrogen) atoms. The topological polar surface area (TPSA) is 43.1 Å². The molecule has 0 aromatic carbocycles. The van der Waals surface area contributed by atoms with E-state index in [2.05, 4.69) is 11.6 Å². The van der Waals surface area contributed by atoms with Gasteiger partial charge in [-0.05, 0) is 13.0 Å². The number of hydrogen-bond acceptors (Lipinski definition) is 3. The smallest absolute Gasteiger partial charge is 0.260 e. The van der Waals surface area contributed by atoms with Crippen molar-refractivity contribution in [1.29, 1.82) is 0 Å². The van der Waals surface area contributed by atoms with Gasteiger partial charge in [0.2, 0.25) is 6.29 Å². The number of aldehydes is 1. The zero-order valence-electron chi connectivity index (χ0n) is 6.78. The second-order valence-electron chi connectivity index (χ2n) is 2.11. The third kappa shape index (κ3) is 1.50. The summed E-state index contributed by atoms with van der Waals surface area (Å²) in [7, 11) is 0. The van der Waals surface area contributed by atoms with Crippen molar-refractivity contribution in [3.05, 3.63) is 29.3 Å². The molecule has 0 atom stereocenters. The van der Waals surface area contributed by atoms with Crippen LogP contribution >= 0.6 is 0 Å². The molecular weight excluding hydrogens is 154 g/mol. The predicted molar refractivity (Wildman–Crippen MR) is 45.9 cm³/mol. The fraction of sp³-hybridized carbons (Fsp3) is 0.111. The maximum atomic E-state index is 10.3. The Hall–Kier alpha value is -1.64. The van der Waals surface area contributed by atoms with E-state index in [4.69, 9.17) is 4.42 Å². The summed E-state index contributed by atoms with van der Waals surface area (Å²) in [6.45, 7) is 5.35. The number of nitrogens with zero attached hydrogens (tertiary/aromatic N) is 1. The van der Waals surface area contributed by atoms with E-state index in [1.54, 1.807) is 18.2 Å². The summed E-state index contributed by atoms with van der Waals surface area (Å²) >= 11 is 0. The van der Waals surface area contributed by atoms with Crippen LogP contribution in [0.15, 0.2) is 17.1 Å². The molecule has 0 amide bonds. The molecule has 3 heteroatoms. The average molecular weight is 163 g/mol. The molecule has 0 fully saturated rings. The molecule has 0 aliphatic heterocycles. The van der Waals surface area contributed by atoms with Crippen molar-refractivity contribution in [2.45, 2.75) is 6.92 Å². The molecule has 62 valence electrons. The van der Waals surface area contributed by atoms with E-state index >= 15 is 0 Å². The molecule has 1 aromatic heterocycles. The second kappa shape index (κ2) is 3.67. The van der Waals surface area contributed by atoms with Crippen molar-refractivity contribution >= 4 is 18.4 Å². The van der Waals surface area contributed by atoms with E-state index in [1.807, 2.05) is 6.92 Å². The molecule has 0 saturated carbocycles. The molecule has 1 aromatic rings. The number of carbonyl (C=O) groups is 1. The minimum Gasteiger partial charge on any atom is -0.434 e. The van der Waals surface area contributed by atoms with Gasteiger partial charge in [-0.2, -0.15) is 0 Å². The fourth-order valence-corrected chi connectivity index (χ4v) is 0.845. The lowest BCUT2D eigenvalue weighted by molar-refractivity contribution is 0.109. The number of hydrogen-bond donors (Lipinski definition) is 0. The van der Waals surface area contributed by atoms with Crippen molar-refractivity contribution in [1.82, 2.24) is 4.98 Å². The van der Waals surface area contributed by atoms with Crippen molar-refractivity contribution in [2.75, 3.05) is 0 Å². The van der Waals surface area contributed by atoms with Crippen molar-refractivity contribution in [3.8, 4) is 0 Å². The highest BCUT2D eigenvalue weighted by molar-refractivity contribution is 5.67. The van der Waals surface area contributed by atoms with Gasteiger partial charge in [0, 0.05) is 0 Å². The first kappa shape index (κ1) is 8.46. The third-order valence-corrected chi connectivity index (χ3v) is 1.34. The summed E-state index contributed by atoms with van der Waals surface area (Å²) in [6.07, 6.45) is 5.59. The Bertz CT molecular complexity index is 401. The highest BCUT2D eigenvalue weighted by Gasteiger charge is 1.96. The second-order valence-corrected chi connectivity index (χ2v) is 2.11. The molecule has 1 heterocycles. The highest BCUT2D eigenvalue weighted by Crippen LogP contribution is 1.78. The summed E-state index contributed by atoms with van der Waals surface area (Å²) in [5, 5.41) is 0.664. The Morgan fingerprint density at radius 3 is 2.83 bits per heavy atom. The fourth-order valence-electron chi connectivity index (χ4n) is 0.845. The van der Waals surface area contributed by atoms with Crippen molar-refractivity contribution < 1.29 is 9.21 Å². The SMILES string of the molecule is C=C/C=c1/oc(C=O)n/c1=C/C. The van der Waals surface area contributed by atoms with Gasteiger partial charge in [-0.1, -0.05) is 18.7 Å². The van der Waals surface area contributed by atoms with Gasteiger partial charge >= 0.3 is 0 Å². The van der Waals surface area contributed by atoms with Crippen LogP contribution < -0.4 is 10.8 Å². The lowest BCUT2D eigenvalue weighted by Crippen LogP contribution is -2.20. The Morgan fingerprint density at radius 2 is 2.33 bits per heavy atom. The Morgan fingerprint density at radius 1 is 1.58 bits per heavy atom. The minimum absolute atomic E-state index is 0.0937. The Kier molecular flexibility index (Phi) is 2.58. The minimum atomic E-state index is 0.0937. The van der Waals surface area contributed by atoms with Crippen LogP contribution in [0.4, 0.5) is 0 Å². The predicted octanol–water partition coefficient (Wildman–Crippen LogP) is 0.254. The number of allylic oxidation sites excluding steroid dienone is 1. The molecule has 0 spiro atoms. The average Bonchev–Trinajstić information content (AvgIpc) is 2.48. The van der Waals surface area contributed by atoms with Crippen molar-refractivity contribution in [3.63, 3.8) is 0 Å². The van der Waals surface area contributed by atoms with E-state index in [0.29, 0.717) is 17.1 Å². The molecule has 0 aliphatic carbocycles. The monoisotopic (exact) mass is 163 g/mol. The van der Waals surface area contributed by atoms with Gasteiger partial charge in [0.15, 0.2) is 5.42 Å². The van der Waals surface area contributed by atoms with Crippen LogP contribution in [0.2, 0.25) is 0 Å². The largest absolute Gasteiger partial charge is 0.434 e. The van der Waals surface area contributed by atoms with Gasteiger partial charge in [-0.25, -0.2) is 4.98 Å². The van der Waals surface area contributed by atoms with Gasteiger partial charge in [0.25, 0.3) is 5.89 Å². The van der Waals surface area contributed by atoms with Gasteiger partial charge in [0.1, 0.15) is 5.35 Å². The van der Waals surface area contributed by atoms with Crippen LogP contribution in [0.25, 0.3) is 12.2 Å². The van der Waals surface area contributed by atoms with Crippen LogP contribution in [0.1, 0.15) is 17.6 Å². The Balaban J connectivity index is 3.47. The molecule has 0 bridgehead atoms. The summed E-state index contributed by atoms with van der Waals surface area (Å²) in [5.74, 6) is 0.0937. The number of aromatic nitrogens is 1.